The van der Waals surface area contributed by atoms with E-state index in [4.69, 9.17) is 0 Å². The first-order valence-electron chi connectivity index (χ1n) is 7.59. The van der Waals surface area contributed by atoms with Gasteiger partial charge in [0.15, 0.2) is 0 Å². The summed E-state index contributed by atoms with van der Waals surface area (Å²) in [6, 6.07) is 11.2. The Morgan fingerprint density at radius 1 is 1.17 bits per heavy atom. The van der Waals surface area contributed by atoms with Crippen LogP contribution in [0.4, 0.5) is 8.78 Å². The van der Waals surface area contributed by atoms with E-state index in [-0.39, 0.29) is 18.9 Å². The van der Waals surface area contributed by atoms with Gasteiger partial charge in [0.25, 0.3) is 0 Å². The Labute approximate surface area is 139 Å². The number of nitrogens with one attached hydrogen (secondary N) is 1. The second-order valence-electron chi connectivity index (χ2n) is 5.47. The summed E-state index contributed by atoms with van der Waals surface area (Å²) in [6.45, 7) is 1.74. The molecular weight excluding hydrogens is 312 g/mol. The van der Waals surface area contributed by atoms with Gasteiger partial charge in [0.05, 0.1) is 5.56 Å². The van der Waals surface area contributed by atoms with Gasteiger partial charge in [-0.05, 0) is 24.6 Å². The lowest BCUT2D eigenvalue weighted by Gasteiger charge is -2.13. The standard InChI is InChI=1S/C19H19F2NO2/c1-13-8-10-14(11-9-13)4-2-7-18(24)22-12-17(23)19-15(20)5-3-6-16(19)21/h2-6,8-11,17,23H,7,12H2,1H3,(H,22,24)/b4-2+. The van der Waals surface area contributed by atoms with E-state index in [2.05, 4.69) is 5.32 Å². The fourth-order valence-corrected chi connectivity index (χ4v) is 2.19. The molecule has 3 nitrogen and oxygen atoms in total. The lowest BCUT2D eigenvalue weighted by molar-refractivity contribution is -0.120. The largest absolute Gasteiger partial charge is 0.386 e. The number of aliphatic hydroxyl groups is 1. The first kappa shape index (κ1) is 17.8. The number of hydrogen-bond acceptors (Lipinski definition) is 2. The summed E-state index contributed by atoms with van der Waals surface area (Å²) in [7, 11) is 0. The highest BCUT2D eigenvalue weighted by Gasteiger charge is 2.18. The molecule has 2 N–H and O–H groups in total. The number of amides is 1. The molecule has 0 radical (unpaired) electrons. The zero-order valence-corrected chi connectivity index (χ0v) is 13.3. The molecule has 0 spiro atoms. The van der Waals surface area contributed by atoms with Crippen molar-refractivity contribution in [2.24, 2.45) is 0 Å². The molecule has 2 aromatic carbocycles. The molecular formula is C19H19F2NO2. The molecule has 0 aromatic heterocycles. The number of aryl methyl sites for hydroxylation is 1. The Kier molecular flexibility index (Phi) is 6.21. The Hall–Kier alpha value is -2.53. The highest BCUT2D eigenvalue weighted by atomic mass is 19.1. The SMILES string of the molecule is Cc1ccc(/C=C/CC(=O)NCC(O)c2c(F)cccc2F)cc1. The van der Waals surface area contributed by atoms with Crippen molar-refractivity contribution in [2.75, 3.05) is 6.54 Å². The molecule has 126 valence electrons. The van der Waals surface area contributed by atoms with E-state index in [1.165, 1.54) is 6.07 Å². The van der Waals surface area contributed by atoms with Crippen LogP contribution in [-0.4, -0.2) is 17.6 Å². The first-order valence-corrected chi connectivity index (χ1v) is 7.59. The van der Waals surface area contributed by atoms with Crippen LogP contribution in [0.2, 0.25) is 0 Å². The van der Waals surface area contributed by atoms with Crippen LogP contribution in [0.1, 0.15) is 29.2 Å². The monoisotopic (exact) mass is 331 g/mol. The third kappa shape index (κ3) is 4.99. The molecule has 1 unspecified atom stereocenters. The van der Waals surface area contributed by atoms with Crippen molar-refractivity contribution in [3.8, 4) is 0 Å². The molecule has 0 bridgehead atoms. The van der Waals surface area contributed by atoms with Crippen LogP contribution in [0, 0.1) is 18.6 Å². The molecule has 1 amide bonds. The quantitative estimate of drug-likeness (QED) is 0.851. The molecule has 0 aliphatic rings. The minimum Gasteiger partial charge on any atom is -0.386 e. The van der Waals surface area contributed by atoms with Gasteiger partial charge in [-0.2, -0.15) is 0 Å². The van der Waals surface area contributed by atoms with Crippen molar-refractivity contribution in [3.05, 3.63) is 76.9 Å². The van der Waals surface area contributed by atoms with E-state index in [0.717, 1.165) is 23.3 Å². The second-order valence-corrected chi connectivity index (χ2v) is 5.47. The molecule has 5 heteroatoms. The minimum atomic E-state index is -1.43. The minimum absolute atomic E-state index is 0.111. The Morgan fingerprint density at radius 2 is 1.79 bits per heavy atom. The van der Waals surface area contributed by atoms with E-state index in [0.29, 0.717) is 0 Å². The summed E-state index contributed by atoms with van der Waals surface area (Å²) in [5.41, 5.74) is 1.69. The molecule has 0 saturated heterocycles. The lowest BCUT2D eigenvalue weighted by atomic mass is 10.1. The van der Waals surface area contributed by atoms with Crippen LogP contribution in [0.25, 0.3) is 6.08 Å². The fourth-order valence-electron chi connectivity index (χ4n) is 2.19. The van der Waals surface area contributed by atoms with Crippen molar-refractivity contribution in [1.82, 2.24) is 5.32 Å². The van der Waals surface area contributed by atoms with E-state index >= 15 is 0 Å². The summed E-state index contributed by atoms with van der Waals surface area (Å²) >= 11 is 0. The molecule has 2 rings (SSSR count). The number of carbonyl (C=O) groups excluding carboxylic acids is 1. The molecule has 0 aliphatic heterocycles. The van der Waals surface area contributed by atoms with Crippen molar-refractivity contribution in [2.45, 2.75) is 19.4 Å². The summed E-state index contributed by atoms with van der Waals surface area (Å²) in [6.07, 6.45) is 2.18. The van der Waals surface area contributed by atoms with Gasteiger partial charge >= 0.3 is 0 Å². The molecule has 2 aromatic rings. The van der Waals surface area contributed by atoms with E-state index < -0.39 is 23.3 Å². The average Bonchev–Trinajstić information content (AvgIpc) is 2.54. The normalized spacial score (nSPS) is 12.3. The summed E-state index contributed by atoms with van der Waals surface area (Å²) in [5.74, 6) is -2.01. The van der Waals surface area contributed by atoms with Crippen molar-refractivity contribution in [1.29, 1.82) is 0 Å². The second kappa shape index (κ2) is 8.36. The zero-order chi connectivity index (χ0) is 17.5. The number of carbonyl (C=O) groups is 1. The maximum atomic E-state index is 13.5. The maximum Gasteiger partial charge on any atom is 0.223 e. The molecule has 0 fully saturated rings. The molecule has 0 heterocycles. The van der Waals surface area contributed by atoms with E-state index in [1.54, 1.807) is 6.08 Å². The van der Waals surface area contributed by atoms with Gasteiger partial charge in [-0.15, -0.1) is 0 Å². The number of hydrogen-bond donors (Lipinski definition) is 2. The smallest absolute Gasteiger partial charge is 0.223 e. The van der Waals surface area contributed by atoms with E-state index in [1.807, 2.05) is 37.3 Å². The van der Waals surface area contributed by atoms with Crippen molar-refractivity contribution in [3.63, 3.8) is 0 Å². The lowest BCUT2D eigenvalue weighted by Crippen LogP contribution is -2.28. The summed E-state index contributed by atoms with van der Waals surface area (Å²) in [5, 5.41) is 12.3. The number of aliphatic hydroxyl groups excluding tert-OH is 1. The maximum absolute atomic E-state index is 13.5. The Balaban J connectivity index is 1.83. The number of halogens is 2. The highest BCUT2D eigenvalue weighted by Crippen LogP contribution is 2.19. The van der Waals surface area contributed by atoms with Gasteiger partial charge in [0.1, 0.15) is 17.7 Å². The predicted molar refractivity (Wildman–Crippen MR) is 89.2 cm³/mol. The van der Waals surface area contributed by atoms with Crippen molar-refractivity contribution >= 4 is 12.0 Å². The van der Waals surface area contributed by atoms with Crippen LogP contribution in [-0.2, 0) is 4.79 Å². The Bertz CT molecular complexity index is 706. The van der Waals surface area contributed by atoms with Crippen LogP contribution >= 0.6 is 0 Å². The third-order valence-corrected chi connectivity index (χ3v) is 3.52. The van der Waals surface area contributed by atoms with Gasteiger partial charge in [-0.25, -0.2) is 8.78 Å². The van der Waals surface area contributed by atoms with Gasteiger partial charge in [-0.3, -0.25) is 4.79 Å². The van der Waals surface area contributed by atoms with Gasteiger partial charge in [0.2, 0.25) is 5.91 Å². The summed E-state index contributed by atoms with van der Waals surface area (Å²) in [4.78, 5) is 11.7. The topological polar surface area (TPSA) is 49.3 Å². The summed E-state index contributed by atoms with van der Waals surface area (Å²) < 4.78 is 27.0. The van der Waals surface area contributed by atoms with Crippen LogP contribution in [0.15, 0.2) is 48.5 Å². The molecule has 1 atom stereocenters. The zero-order valence-electron chi connectivity index (χ0n) is 13.3. The van der Waals surface area contributed by atoms with Gasteiger partial charge in [0, 0.05) is 13.0 Å². The fraction of sp³-hybridized carbons (Fsp3) is 0.211. The molecule has 24 heavy (non-hydrogen) atoms. The first-order chi connectivity index (χ1) is 11.5. The number of benzene rings is 2. The van der Waals surface area contributed by atoms with Crippen molar-refractivity contribution < 1.29 is 18.7 Å². The third-order valence-electron chi connectivity index (χ3n) is 3.52. The van der Waals surface area contributed by atoms with Gasteiger partial charge in [-0.1, -0.05) is 48.0 Å². The average molecular weight is 331 g/mol. The highest BCUT2D eigenvalue weighted by molar-refractivity contribution is 5.78. The molecule has 0 saturated carbocycles. The van der Waals surface area contributed by atoms with Crippen LogP contribution in [0.3, 0.4) is 0 Å². The molecule has 0 aliphatic carbocycles. The predicted octanol–water partition coefficient (Wildman–Crippen LogP) is 3.53. The van der Waals surface area contributed by atoms with E-state index in [9.17, 15) is 18.7 Å². The van der Waals surface area contributed by atoms with Gasteiger partial charge < -0.3 is 10.4 Å². The number of rotatable bonds is 6. The Morgan fingerprint density at radius 3 is 2.42 bits per heavy atom. The van der Waals surface area contributed by atoms with Crippen LogP contribution in [0.5, 0.6) is 0 Å². The van der Waals surface area contributed by atoms with Crippen LogP contribution < -0.4 is 5.32 Å².